The van der Waals surface area contributed by atoms with Gasteiger partial charge in [0.15, 0.2) is 9.84 Å². The van der Waals surface area contributed by atoms with Gasteiger partial charge in [-0.15, -0.1) is 0 Å². The van der Waals surface area contributed by atoms with Gasteiger partial charge in [-0.2, -0.15) is 0 Å². The summed E-state index contributed by atoms with van der Waals surface area (Å²) >= 11 is 9.33. The van der Waals surface area contributed by atoms with Gasteiger partial charge in [-0.05, 0) is 31.0 Å². The van der Waals surface area contributed by atoms with Crippen molar-refractivity contribution < 1.29 is 8.42 Å². The fourth-order valence-corrected chi connectivity index (χ4v) is 5.07. The molecule has 0 bridgehead atoms. The Kier molecular flexibility index (Phi) is 4.07. The van der Waals surface area contributed by atoms with E-state index in [1.54, 1.807) is 0 Å². The second-order valence-electron chi connectivity index (χ2n) is 4.99. The van der Waals surface area contributed by atoms with E-state index in [1.807, 2.05) is 25.1 Å². The Morgan fingerprint density at radius 2 is 2.22 bits per heavy atom. The van der Waals surface area contributed by atoms with Crippen molar-refractivity contribution in [3.63, 3.8) is 0 Å². The molecular formula is C12H15BrClNO2S. The fourth-order valence-electron chi connectivity index (χ4n) is 2.12. The molecule has 1 unspecified atom stereocenters. The first kappa shape index (κ1) is 14.3. The molecule has 1 aromatic carbocycles. The first-order valence-corrected chi connectivity index (χ1v) is 8.68. The van der Waals surface area contributed by atoms with E-state index < -0.39 is 9.84 Å². The van der Waals surface area contributed by atoms with Gasteiger partial charge in [0.2, 0.25) is 0 Å². The summed E-state index contributed by atoms with van der Waals surface area (Å²) in [5, 5.41) is 4.02. The molecule has 0 aliphatic carbocycles. The number of rotatable bonds is 3. The van der Waals surface area contributed by atoms with Crippen LogP contribution in [0, 0.1) is 0 Å². The minimum Gasteiger partial charge on any atom is -0.306 e. The maximum atomic E-state index is 11.5. The minimum absolute atomic E-state index is 0.214. The zero-order valence-corrected chi connectivity index (χ0v) is 13.2. The predicted molar refractivity (Wildman–Crippen MR) is 77.7 cm³/mol. The van der Waals surface area contributed by atoms with Crippen LogP contribution in [0.25, 0.3) is 0 Å². The second-order valence-corrected chi connectivity index (χ2v) is 8.47. The number of benzene rings is 1. The number of sulfone groups is 1. The lowest BCUT2D eigenvalue weighted by atomic mass is 10.0. The van der Waals surface area contributed by atoms with Gasteiger partial charge in [-0.3, -0.25) is 0 Å². The molecule has 1 heterocycles. The minimum atomic E-state index is -2.87. The number of hydrogen-bond donors (Lipinski definition) is 1. The van der Waals surface area contributed by atoms with E-state index in [-0.39, 0.29) is 17.0 Å². The third kappa shape index (κ3) is 3.47. The Balaban J connectivity index is 2.04. The molecule has 6 heteroatoms. The Morgan fingerprint density at radius 1 is 1.50 bits per heavy atom. The van der Waals surface area contributed by atoms with Gasteiger partial charge in [0.05, 0.1) is 11.5 Å². The lowest BCUT2D eigenvalue weighted by Crippen LogP contribution is -2.42. The van der Waals surface area contributed by atoms with Crippen molar-refractivity contribution in [2.45, 2.75) is 25.4 Å². The van der Waals surface area contributed by atoms with Crippen LogP contribution < -0.4 is 5.32 Å². The highest BCUT2D eigenvalue weighted by Crippen LogP contribution is 2.25. The van der Waals surface area contributed by atoms with Gasteiger partial charge in [0.1, 0.15) is 0 Å². The Bertz CT molecular complexity index is 561. The van der Waals surface area contributed by atoms with Crippen molar-refractivity contribution >= 4 is 37.4 Å². The molecule has 100 valence electrons. The molecule has 0 amide bonds. The molecule has 1 saturated heterocycles. The highest BCUT2D eigenvalue weighted by Gasteiger charge is 2.37. The fraction of sp³-hybridized carbons (Fsp3) is 0.500. The first-order chi connectivity index (χ1) is 8.30. The quantitative estimate of drug-likeness (QED) is 0.910. The number of halogens is 2. The average Bonchev–Trinajstić information content (AvgIpc) is 2.52. The molecule has 0 aromatic heterocycles. The molecule has 1 N–H and O–H groups in total. The van der Waals surface area contributed by atoms with Crippen LogP contribution in [0.4, 0.5) is 0 Å². The lowest BCUT2D eigenvalue weighted by Gasteiger charge is -2.24. The van der Waals surface area contributed by atoms with E-state index in [2.05, 4.69) is 21.2 Å². The number of nitrogens with one attached hydrogen (secondary N) is 1. The SMILES string of the molecule is CC1(NCc2ccc(Cl)cc2Br)CCS(=O)(=O)C1. The molecule has 1 aliphatic rings. The van der Waals surface area contributed by atoms with Crippen molar-refractivity contribution in [2.75, 3.05) is 11.5 Å². The second kappa shape index (κ2) is 5.12. The Morgan fingerprint density at radius 3 is 2.78 bits per heavy atom. The van der Waals surface area contributed by atoms with Crippen molar-refractivity contribution in [1.29, 1.82) is 0 Å². The van der Waals surface area contributed by atoms with Gasteiger partial charge in [-0.1, -0.05) is 33.6 Å². The molecule has 0 saturated carbocycles. The summed E-state index contributed by atoms with van der Waals surface area (Å²) < 4.78 is 23.9. The van der Waals surface area contributed by atoms with Gasteiger partial charge >= 0.3 is 0 Å². The number of hydrogen-bond acceptors (Lipinski definition) is 3. The van der Waals surface area contributed by atoms with Crippen LogP contribution in [-0.2, 0) is 16.4 Å². The van der Waals surface area contributed by atoms with E-state index in [0.717, 1.165) is 10.0 Å². The van der Waals surface area contributed by atoms with Crippen LogP contribution in [0.2, 0.25) is 5.02 Å². The van der Waals surface area contributed by atoms with Crippen LogP contribution in [-0.4, -0.2) is 25.5 Å². The molecule has 1 fully saturated rings. The van der Waals surface area contributed by atoms with E-state index in [9.17, 15) is 8.42 Å². The van der Waals surface area contributed by atoms with Crippen LogP contribution >= 0.6 is 27.5 Å². The average molecular weight is 353 g/mol. The van der Waals surface area contributed by atoms with Gasteiger partial charge in [-0.25, -0.2) is 8.42 Å². The normalized spacial score (nSPS) is 26.4. The lowest BCUT2D eigenvalue weighted by molar-refractivity contribution is 0.395. The highest BCUT2D eigenvalue weighted by molar-refractivity contribution is 9.10. The van der Waals surface area contributed by atoms with Gasteiger partial charge in [0.25, 0.3) is 0 Å². The van der Waals surface area contributed by atoms with Crippen LogP contribution in [0.3, 0.4) is 0 Å². The van der Waals surface area contributed by atoms with Crippen molar-refractivity contribution in [1.82, 2.24) is 5.32 Å². The first-order valence-electron chi connectivity index (χ1n) is 5.69. The molecule has 1 aliphatic heterocycles. The monoisotopic (exact) mass is 351 g/mol. The predicted octanol–water partition coefficient (Wildman–Crippen LogP) is 2.77. The summed E-state index contributed by atoms with van der Waals surface area (Å²) in [6, 6.07) is 5.61. The smallest absolute Gasteiger partial charge is 0.152 e. The van der Waals surface area contributed by atoms with Crippen molar-refractivity contribution in [2.24, 2.45) is 0 Å². The molecule has 1 atom stereocenters. The summed E-state index contributed by atoms with van der Waals surface area (Å²) in [5.74, 6) is 0.490. The molecule has 3 nitrogen and oxygen atoms in total. The summed E-state index contributed by atoms with van der Waals surface area (Å²) in [5.41, 5.74) is 0.752. The van der Waals surface area contributed by atoms with Crippen LogP contribution in [0.1, 0.15) is 18.9 Å². The van der Waals surface area contributed by atoms with Crippen LogP contribution in [0.5, 0.6) is 0 Å². The van der Waals surface area contributed by atoms with Crippen molar-refractivity contribution in [3.05, 3.63) is 33.3 Å². The van der Waals surface area contributed by atoms with Gasteiger partial charge < -0.3 is 5.32 Å². The third-order valence-corrected chi connectivity index (χ3v) is 6.10. The van der Waals surface area contributed by atoms with E-state index in [1.165, 1.54) is 0 Å². The summed E-state index contributed by atoms with van der Waals surface area (Å²) in [4.78, 5) is 0. The van der Waals surface area contributed by atoms with Gasteiger partial charge in [0, 0.05) is 21.6 Å². The molecule has 18 heavy (non-hydrogen) atoms. The molecule has 1 aromatic rings. The maximum absolute atomic E-state index is 11.5. The maximum Gasteiger partial charge on any atom is 0.152 e. The molecule has 2 rings (SSSR count). The summed E-state index contributed by atoms with van der Waals surface area (Å²) in [6.07, 6.45) is 0.667. The molecular weight excluding hydrogens is 338 g/mol. The standard InChI is InChI=1S/C12H15BrClNO2S/c1-12(4-5-18(16,17)8-12)15-7-9-2-3-10(14)6-11(9)13/h2-3,6,15H,4-5,7-8H2,1H3. The molecule has 0 spiro atoms. The van der Waals surface area contributed by atoms with Crippen LogP contribution in [0.15, 0.2) is 22.7 Å². The largest absolute Gasteiger partial charge is 0.306 e. The molecule has 0 radical (unpaired) electrons. The summed E-state index contributed by atoms with van der Waals surface area (Å²) in [6.45, 7) is 2.59. The zero-order chi connectivity index (χ0) is 13.4. The topological polar surface area (TPSA) is 46.2 Å². The van der Waals surface area contributed by atoms with E-state index >= 15 is 0 Å². The summed E-state index contributed by atoms with van der Waals surface area (Å²) in [7, 11) is -2.87. The van der Waals surface area contributed by atoms with E-state index in [0.29, 0.717) is 18.0 Å². The van der Waals surface area contributed by atoms with E-state index in [4.69, 9.17) is 11.6 Å². The Labute approximate surface area is 121 Å². The zero-order valence-electron chi connectivity index (χ0n) is 10.0. The Hall–Kier alpha value is -0.100. The highest BCUT2D eigenvalue weighted by atomic mass is 79.9. The third-order valence-electron chi connectivity index (χ3n) is 3.22. The van der Waals surface area contributed by atoms with Crippen molar-refractivity contribution in [3.8, 4) is 0 Å².